The molecular weight excluding hydrogens is 286 g/mol. The molecule has 1 aliphatic carbocycles. The van der Waals surface area contributed by atoms with Gasteiger partial charge in [-0.15, -0.1) is 0 Å². The summed E-state index contributed by atoms with van der Waals surface area (Å²) in [6.07, 6.45) is 5.91. The van der Waals surface area contributed by atoms with Crippen molar-refractivity contribution in [3.8, 4) is 0 Å². The lowest BCUT2D eigenvalue weighted by Crippen LogP contribution is -2.41. The number of hydrogen-bond acceptors (Lipinski definition) is 3. The summed E-state index contributed by atoms with van der Waals surface area (Å²) in [7, 11) is -1.76. The molecule has 6 heteroatoms. The van der Waals surface area contributed by atoms with Gasteiger partial charge in [-0.25, -0.2) is 13.1 Å². The summed E-state index contributed by atoms with van der Waals surface area (Å²) in [5, 5.41) is 4.36. The van der Waals surface area contributed by atoms with E-state index in [0.29, 0.717) is 16.5 Å². The Bertz CT molecular complexity index is 599. The molecule has 1 saturated carbocycles. The van der Waals surface area contributed by atoms with E-state index in [1.165, 1.54) is 6.42 Å². The third kappa shape index (κ3) is 3.66. The van der Waals surface area contributed by atoms with Crippen molar-refractivity contribution in [2.45, 2.75) is 69.7 Å². The number of rotatable bonds is 3. The van der Waals surface area contributed by atoms with E-state index in [2.05, 4.69) is 16.7 Å². The van der Waals surface area contributed by atoms with Crippen LogP contribution in [0.2, 0.25) is 0 Å². The Balaban J connectivity index is 2.32. The third-order valence-electron chi connectivity index (χ3n) is 4.21. The van der Waals surface area contributed by atoms with E-state index in [-0.39, 0.29) is 11.5 Å². The summed E-state index contributed by atoms with van der Waals surface area (Å²) >= 11 is 0. The van der Waals surface area contributed by atoms with E-state index >= 15 is 0 Å². The summed E-state index contributed by atoms with van der Waals surface area (Å²) in [4.78, 5) is 0.315. The van der Waals surface area contributed by atoms with Crippen molar-refractivity contribution in [2.24, 2.45) is 13.0 Å². The number of sulfonamides is 1. The second kappa shape index (κ2) is 5.72. The van der Waals surface area contributed by atoms with Crippen LogP contribution in [0.15, 0.2) is 11.1 Å². The predicted octanol–water partition coefficient (Wildman–Crippen LogP) is 2.57. The van der Waals surface area contributed by atoms with Crippen LogP contribution in [-0.4, -0.2) is 24.2 Å². The molecular formula is C15H27N3O2S. The highest BCUT2D eigenvalue weighted by molar-refractivity contribution is 7.89. The van der Waals surface area contributed by atoms with Crippen molar-refractivity contribution in [1.29, 1.82) is 0 Å². The van der Waals surface area contributed by atoms with Gasteiger partial charge in [-0.05, 0) is 18.8 Å². The van der Waals surface area contributed by atoms with E-state index < -0.39 is 10.0 Å². The molecule has 120 valence electrons. The lowest BCUT2D eigenvalue weighted by molar-refractivity contribution is 0.310. The molecule has 1 aromatic rings. The van der Waals surface area contributed by atoms with Crippen LogP contribution in [0.1, 0.15) is 59.1 Å². The fourth-order valence-corrected chi connectivity index (χ4v) is 4.71. The molecule has 0 spiro atoms. The lowest BCUT2D eigenvalue weighted by Gasteiger charge is -2.29. The zero-order valence-electron chi connectivity index (χ0n) is 13.7. The molecule has 0 aromatic carbocycles. The molecule has 0 saturated heterocycles. The van der Waals surface area contributed by atoms with Gasteiger partial charge in [0, 0.05) is 24.7 Å². The minimum absolute atomic E-state index is 0.0387. The smallest absolute Gasteiger partial charge is 0.244 e. The van der Waals surface area contributed by atoms with Gasteiger partial charge in [0.1, 0.15) is 4.90 Å². The van der Waals surface area contributed by atoms with Crippen LogP contribution in [0.5, 0.6) is 0 Å². The Labute approximate surface area is 128 Å². The summed E-state index contributed by atoms with van der Waals surface area (Å²) < 4.78 is 30.0. The number of nitrogens with zero attached hydrogens (tertiary/aromatic N) is 2. The SMILES string of the molecule is CC1CCCCC1NS(=O)(=O)c1cn(C)nc1C(C)(C)C. The van der Waals surface area contributed by atoms with Gasteiger partial charge in [-0.3, -0.25) is 4.68 Å². The van der Waals surface area contributed by atoms with Crippen molar-refractivity contribution in [3.63, 3.8) is 0 Å². The molecule has 2 unspecified atom stereocenters. The van der Waals surface area contributed by atoms with Crippen molar-refractivity contribution in [1.82, 2.24) is 14.5 Å². The third-order valence-corrected chi connectivity index (χ3v) is 5.70. The van der Waals surface area contributed by atoms with Crippen LogP contribution >= 0.6 is 0 Å². The van der Waals surface area contributed by atoms with Crippen LogP contribution in [0, 0.1) is 5.92 Å². The first-order valence-electron chi connectivity index (χ1n) is 7.68. The highest BCUT2D eigenvalue weighted by Crippen LogP contribution is 2.29. The molecule has 2 rings (SSSR count). The highest BCUT2D eigenvalue weighted by Gasteiger charge is 2.32. The second-order valence-corrected chi connectivity index (χ2v) is 8.94. The monoisotopic (exact) mass is 313 g/mol. The maximum atomic E-state index is 12.8. The Morgan fingerprint density at radius 2 is 1.90 bits per heavy atom. The molecule has 1 heterocycles. The number of aryl methyl sites for hydroxylation is 1. The molecule has 21 heavy (non-hydrogen) atoms. The van der Waals surface area contributed by atoms with Gasteiger partial charge in [0.15, 0.2) is 0 Å². The summed E-state index contributed by atoms with van der Waals surface area (Å²) in [5.74, 6) is 0.392. The fraction of sp³-hybridized carbons (Fsp3) is 0.800. The fourth-order valence-electron chi connectivity index (χ4n) is 2.94. The van der Waals surface area contributed by atoms with E-state index in [1.807, 2.05) is 20.8 Å². The van der Waals surface area contributed by atoms with Gasteiger partial charge < -0.3 is 0 Å². The average Bonchev–Trinajstić information content (AvgIpc) is 2.75. The molecule has 2 atom stereocenters. The van der Waals surface area contributed by atoms with Gasteiger partial charge in [0.25, 0.3) is 0 Å². The summed E-state index contributed by atoms with van der Waals surface area (Å²) in [5.41, 5.74) is 0.324. The quantitative estimate of drug-likeness (QED) is 0.933. The minimum Gasteiger partial charge on any atom is -0.274 e. The molecule has 1 fully saturated rings. The maximum absolute atomic E-state index is 12.8. The van der Waals surface area contributed by atoms with Crippen LogP contribution < -0.4 is 4.72 Å². The van der Waals surface area contributed by atoms with Gasteiger partial charge >= 0.3 is 0 Å². The van der Waals surface area contributed by atoms with Gasteiger partial charge in [0.05, 0.1) is 5.69 Å². The Morgan fingerprint density at radius 3 is 2.48 bits per heavy atom. The zero-order valence-corrected chi connectivity index (χ0v) is 14.5. The van der Waals surface area contributed by atoms with Crippen molar-refractivity contribution >= 4 is 10.0 Å². The standard InChI is InChI=1S/C15H27N3O2S/c1-11-8-6-7-9-12(11)17-21(19,20)13-10-18(5)16-14(13)15(2,3)4/h10-12,17H,6-9H2,1-5H3. The molecule has 0 amide bonds. The van der Waals surface area contributed by atoms with Crippen LogP contribution in [0.3, 0.4) is 0 Å². The van der Waals surface area contributed by atoms with Gasteiger partial charge in [0.2, 0.25) is 10.0 Å². The maximum Gasteiger partial charge on any atom is 0.244 e. The molecule has 5 nitrogen and oxygen atoms in total. The van der Waals surface area contributed by atoms with E-state index in [4.69, 9.17) is 0 Å². The minimum atomic E-state index is -3.52. The number of nitrogens with one attached hydrogen (secondary N) is 1. The zero-order chi connectivity index (χ0) is 15.8. The highest BCUT2D eigenvalue weighted by atomic mass is 32.2. The first kappa shape index (κ1) is 16.5. The topological polar surface area (TPSA) is 64.0 Å². The lowest BCUT2D eigenvalue weighted by atomic mass is 9.87. The average molecular weight is 313 g/mol. The van der Waals surface area contributed by atoms with Gasteiger partial charge in [-0.2, -0.15) is 5.10 Å². The van der Waals surface area contributed by atoms with E-state index in [9.17, 15) is 8.42 Å². The van der Waals surface area contributed by atoms with Gasteiger partial charge in [-0.1, -0.05) is 40.5 Å². The van der Waals surface area contributed by atoms with E-state index in [1.54, 1.807) is 17.9 Å². The summed E-state index contributed by atoms with van der Waals surface area (Å²) in [6.45, 7) is 8.08. The van der Waals surface area contributed by atoms with Crippen LogP contribution in [0.4, 0.5) is 0 Å². The van der Waals surface area contributed by atoms with Crippen molar-refractivity contribution < 1.29 is 8.42 Å². The molecule has 0 bridgehead atoms. The van der Waals surface area contributed by atoms with E-state index in [0.717, 1.165) is 19.3 Å². The first-order chi connectivity index (χ1) is 9.61. The molecule has 1 N–H and O–H groups in total. The van der Waals surface area contributed by atoms with Crippen molar-refractivity contribution in [3.05, 3.63) is 11.9 Å². The number of hydrogen-bond donors (Lipinski definition) is 1. The molecule has 1 aromatic heterocycles. The second-order valence-electron chi connectivity index (χ2n) is 7.26. The first-order valence-corrected chi connectivity index (χ1v) is 9.16. The van der Waals surface area contributed by atoms with Crippen molar-refractivity contribution in [2.75, 3.05) is 0 Å². The normalized spacial score (nSPS) is 24.2. The Morgan fingerprint density at radius 1 is 1.29 bits per heavy atom. The molecule has 0 aliphatic heterocycles. The largest absolute Gasteiger partial charge is 0.274 e. The van der Waals surface area contributed by atoms with Crippen LogP contribution in [0.25, 0.3) is 0 Å². The molecule has 0 radical (unpaired) electrons. The molecule has 1 aliphatic rings. The summed E-state index contributed by atoms with van der Waals surface area (Å²) in [6, 6.07) is 0.0387. The van der Waals surface area contributed by atoms with Crippen LogP contribution in [-0.2, 0) is 22.5 Å². The Hall–Kier alpha value is -0.880. The predicted molar refractivity (Wildman–Crippen MR) is 83.6 cm³/mol. The Kier molecular flexibility index (Phi) is 4.49. The number of aromatic nitrogens is 2.